The summed E-state index contributed by atoms with van der Waals surface area (Å²) in [5.74, 6) is 0.979. The minimum atomic E-state index is 0.315. The Balaban J connectivity index is 1.31. The fourth-order valence-electron chi connectivity index (χ4n) is 5.77. The van der Waals surface area contributed by atoms with Gasteiger partial charge in [-0.3, -0.25) is 4.79 Å². The van der Waals surface area contributed by atoms with Crippen LogP contribution in [0.1, 0.15) is 70.4 Å². The van der Waals surface area contributed by atoms with Gasteiger partial charge in [-0.15, -0.1) is 0 Å². The van der Waals surface area contributed by atoms with E-state index in [2.05, 4.69) is 53.8 Å². The van der Waals surface area contributed by atoms with Crippen molar-refractivity contribution in [3.8, 4) is 0 Å². The second-order valence-electron chi connectivity index (χ2n) is 9.80. The number of carbonyl (C=O) groups is 1. The van der Waals surface area contributed by atoms with E-state index in [9.17, 15) is 4.79 Å². The van der Waals surface area contributed by atoms with Crippen molar-refractivity contribution in [3.63, 3.8) is 0 Å². The molecule has 0 bridgehead atoms. The van der Waals surface area contributed by atoms with Crippen LogP contribution in [-0.4, -0.2) is 53.0 Å². The molecule has 0 saturated carbocycles. The van der Waals surface area contributed by atoms with Crippen molar-refractivity contribution >= 4 is 16.8 Å². The van der Waals surface area contributed by atoms with E-state index in [0.717, 1.165) is 19.4 Å². The molecule has 0 aliphatic carbocycles. The average molecular weight is 410 g/mol. The van der Waals surface area contributed by atoms with Crippen molar-refractivity contribution in [2.45, 2.75) is 77.3 Å². The Hall–Kier alpha value is -1.81. The van der Waals surface area contributed by atoms with Gasteiger partial charge in [0, 0.05) is 49.2 Å². The summed E-state index contributed by atoms with van der Waals surface area (Å²) in [6, 6.07) is 9.82. The summed E-state index contributed by atoms with van der Waals surface area (Å²) in [4.78, 5) is 17.6. The molecule has 0 spiro atoms. The fourth-order valence-corrected chi connectivity index (χ4v) is 5.77. The first-order valence-electron chi connectivity index (χ1n) is 12.1. The number of piperidine rings is 2. The van der Waals surface area contributed by atoms with Crippen LogP contribution in [0, 0.1) is 5.92 Å². The zero-order valence-corrected chi connectivity index (χ0v) is 19.1. The first kappa shape index (κ1) is 21.4. The first-order valence-corrected chi connectivity index (χ1v) is 12.1. The summed E-state index contributed by atoms with van der Waals surface area (Å²) in [5, 5.41) is 1.34. The molecule has 1 amide bonds. The summed E-state index contributed by atoms with van der Waals surface area (Å²) < 4.78 is 2.36. The molecule has 1 aromatic carbocycles. The molecule has 164 valence electrons. The number of benzene rings is 1. The van der Waals surface area contributed by atoms with Crippen molar-refractivity contribution in [1.29, 1.82) is 0 Å². The fraction of sp³-hybridized carbons (Fsp3) is 0.654. The summed E-state index contributed by atoms with van der Waals surface area (Å²) in [5.41, 5.74) is 2.68. The van der Waals surface area contributed by atoms with Crippen LogP contribution in [0.5, 0.6) is 0 Å². The predicted molar refractivity (Wildman–Crippen MR) is 125 cm³/mol. The van der Waals surface area contributed by atoms with Crippen LogP contribution in [0.4, 0.5) is 0 Å². The highest BCUT2D eigenvalue weighted by Crippen LogP contribution is 2.31. The molecule has 2 aliphatic heterocycles. The van der Waals surface area contributed by atoms with Gasteiger partial charge in [-0.2, -0.15) is 0 Å². The first-order chi connectivity index (χ1) is 14.5. The SMILES string of the molecule is CC(C)n1cc(CCCC(=O)N(C)C[C@@H]2CCCN3CCCC[C@H]23)c2ccccc21. The Morgan fingerprint density at radius 1 is 1.13 bits per heavy atom. The highest BCUT2D eigenvalue weighted by Gasteiger charge is 2.33. The van der Waals surface area contributed by atoms with Crippen molar-refractivity contribution in [1.82, 2.24) is 14.4 Å². The lowest BCUT2D eigenvalue weighted by Crippen LogP contribution is -2.51. The topological polar surface area (TPSA) is 28.5 Å². The monoisotopic (exact) mass is 409 g/mol. The number of hydrogen-bond donors (Lipinski definition) is 0. The molecule has 2 saturated heterocycles. The van der Waals surface area contributed by atoms with E-state index in [1.165, 1.54) is 61.7 Å². The van der Waals surface area contributed by atoms with Gasteiger partial charge in [-0.1, -0.05) is 24.6 Å². The van der Waals surface area contributed by atoms with Crippen LogP contribution >= 0.6 is 0 Å². The highest BCUT2D eigenvalue weighted by atomic mass is 16.2. The Morgan fingerprint density at radius 3 is 2.77 bits per heavy atom. The number of rotatable bonds is 7. The van der Waals surface area contributed by atoms with E-state index in [1.54, 1.807) is 0 Å². The maximum absolute atomic E-state index is 12.9. The molecule has 0 N–H and O–H groups in total. The molecular formula is C26H39N3O. The molecule has 2 fully saturated rings. The Morgan fingerprint density at radius 2 is 1.93 bits per heavy atom. The summed E-state index contributed by atoms with van der Waals surface area (Å²) in [6.07, 6.45) is 11.5. The lowest BCUT2D eigenvalue weighted by atomic mass is 9.83. The van der Waals surface area contributed by atoms with Gasteiger partial charge in [-0.25, -0.2) is 0 Å². The molecule has 0 radical (unpaired) electrons. The third kappa shape index (κ3) is 4.59. The van der Waals surface area contributed by atoms with Crippen LogP contribution in [0.2, 0.25) is 0 Å². The Bertz CT molecular complexity index is 853. The lowest BCUT2D eigenvalue weighted by Gasteiger charge is -2.45. The zero-order valence-electron chi connectivity index (χ0n) is 19.1. The van der Waals surface area contributed by atoms with Crippen LogP contribution in [-0.2, 0) is 11.2 Å². The van der Waals surface area contributed by atoms with Crippen LogP contribution < -0.4 is 0 Å². The summed E-state index contributed by atoms with van der Waals surface area (Å²) in [7, 11) is 2.02. The van der Waals surface area contributed by atoms with Crippen molar-refractivity contribution in [3.05, 3.63) is 36.0 Å². The van der Waals surface area contributed by atoms with Gasteiger partial charge in [0.05, 0.1) is 0 Å². The predicted octanol–water partition coefficient (Wildman–Crippen LogP) is 5.27. The summed E-state index contributed by atoms with van der Waals surface area (Å²) in [6.45, 7) is 7.93. The van der Waals surface area contributed by atoms with Crippen molar-refractivity contribution in [2.24, 2.45) is 5.92 Å². The Kier molecular flexibility index (Phi) is 6.82. The van der Waals surface area contributed by atoms with Gasteiger partial charge in [0.1, 0.15) is 0 Å². The van der Waals surface area contributed by atoms with Crippen molar-refractivity contribution < 1.29 is 4.79 Å². The molecule has 2 atom stereocenters. The third-order valence-electron chi connectivity index (χ3n) is 7.38. The second kappa shape index (κ2) is 9.55. The molecule has 2 aliphatic rings. The van der Waals surface area contributed by atoms with Gasteiger partial charge in [-0.05, 0) is 83.0 Å². The number of amides is 1. The maximum Gasteiger partial charge on any atom is 0.222 e. The van der Waals surface area contributed by atoms with Gasteiger partial charge < -0.3 is 14.4 Å². The van der Waals surface area contributed by atoms with Gasteiger partial charge >= 0.3 is 0 Å². The summed E-state index contributed by atoms with van der Waals surface area (Å²) >= 11 is 0. The van der Waals surface area contributed by atoms with E-state index < -0.39 is 0 Å². The number of fused-ring (bicyclic) bond motifs is 2. The number of para-hydroxylation sites is 1. The van der Waals surface area contributed by atoms with Crippen LogP contribution in [0.25, 0.3) is 10.9 Å². The van der Waals surface area contributed by atoms with Gasteiger partial charge in [0.2, 0.25) is 5.91 Å². The maximum atomic E-state index is 12.9. The molecule has 2 aromatic rings. The third-order valence-corrected chi connectivity index (χ3v) is 7.38. The van der Waals surface area contributed by atoms with E-state index >= 15 is 0 Å². The zero-order chi connectivity index (χ0) is 21.1. The largest absolute Gasteiger partial charge is 0.345 e. The highest BCUT2D eigenvalue weighted by molar-refractivity contribution is 5.84. The second-order valence-corrected chi connectivity index (χ2v) is 9.80. The molecule has 0 unspecified atom stereocenters. The average Bonchev–Trinajstić information content (AvgIpc) is 3.13. The van der Waals surface area contributed by atoms with E-state index in [0.29, 0.717) is 30.3 Å². The van der Waals surface area contributed by atoms with E-state index in [4.69, 9.17) is 0 Å². The number of aryl methyl sites for hydroxylation is 1. The molecule has 3 heterocycles. The molecule has 4 heteroatoms. The Labute approximate surface area is 182 Å². The lowest BCUT2D eigenvalue weighted by molar-refractivity contribution is -0.131. The van der Waals surface area contributed by atoms with E-state index in [1.807, 2.05) is 11.9 Å². The number of aromatic nitrogens is 1. The molecular weight excluding hydrogens is 370 g/mol. The minimum Gasteiger partial charge on any atom is -0.345 e. The molecule has 4 rings (SSSR count). The van der Waals surface area contributed by atoms with Gasteiger partial charge in [0.15, 0.2) is 0 Å². The molecule has 1 aromatic heterocycles. The molecule has 4 nitrogen and oxygen atoms in total. The standard InChI is InChI=1S/C26H39N3O/c1-20(2)29-19-21(23-12-4-5-14-25(23)29)10-8-15-26(30)27(3)18-22-11-9-17-28-16-7-6-13-24(22)28/h4-5,12,14,19-20,22,24H,6-11,13,15-18H2,1-3H3/t22-,24+/m0/s1. The van der Waals surface area contributed by atoms with Crippen molar-refractivity contribution in [2.75, 3.05) is 26.7 Å². The normalized spacial score (nSPS) is 22.4. The smallest absolute Gasteiger partial charge is 0.222 e. The van der Waals surface area contributed by atoms with E-state index in [-0.39, 0.29) is 0 Å². The van der Waals surface area contributed by atoms with Crippen LogP contribution in [0.15, 0.2) is 30.5 Å². The van der Waals surface area contributed by atoms with Gasteiger partial charge in [0.25, 0.3) is 0 Å². The van der Waals surface area contributed by atoms with Crippen LogP contribution in [0.3, 0.4) is 0 Å². The quantitative estimate of drug-likeness (QED) is 0.623. The number of hydrogen-bond acceptors (Lipinski definition) is 2. The minimum absolute atomic E-state index is 0.315. The molecule has 30 heavy (non-hydrogen) atoms. The number of carbonyl (C=O) groups excluding carboxylic acids is 1. The number of nitrogens with zero attached hydrogens (tertiary/aromatic N) is 3.